The maximum absolute atomic E-state index is 7.25. The first kappa shape index (κ1) is 20.9. The molecular formula is C23H35ClN2O. The number of ether oxygens (including phenoxy) is 1. The van der Waals surface area contributed by atoms with Gasteiger partial charge in [-0.2, -0.15) is 0 Å². The Labute approximate surface area is 170 Å². The summed E-state index contributed by atoms with van der Waals surface area (Å²) in [7, 11) is 0. The molecule has 4 heteroatoms. The summed E-state index contributed by atoms with van der Waals surface area (Å²) in [6.45, 7) is 12.2. The van der Waals surface area contributed by atoms with Gasteiger partial charge < -0.3 is 4.74 Å². The van der Waals surface area contributed by atoms with Gasteiger partial charge in [0, 0.05) is 25.7 Å². The fourth-order valence-corrected chi connectivity index (χ4v) is 4.88. The number of morpholine rings is 1. The van der Waals surface area contributed by atoms with Crippen LogP contribution in [-0.4, -0.2) is 54.2 Å². The van der Waals surface area contributed by atoms with Crippen LogP contribution >= 0.6 is 11.6 Å². The van der Waals surface area contributed by atoms with Crippen LogP contribution in [0.15, 0.2) is 41.5 Å². The minimum absolute atomic E-state index is 0.442. The fraction of sp³-hybridized carbons (Fsp3) is 0.652. The molecular weight excluding hydrogens is 356 g/mol. The smallest absolute Gasteiger partial charge is 0.116 e. The molecule has 0 bridgehead atoms. The van der Waals surface area contributed by atoms with E-state index in [1.54, 1.807) is 0 Å². The standard InChI is InChI=1S/C23H35ClN2O/c1-4-19(2)21(23(3,24)26-14-16-27-17-15-26)18-25-13-9-8-12-22(25)20-10-6-5-7-11-20/h5-7,10-11,22H,4,8-9,12-18H2,1-3H3. The number of alkyl halides is 1. The fourth-order valence-electron chi connectivity index (χ4n) is 4.49. The largest absolute Gasteiger partial charge is 0.379 e. The lowest BCUT2D eigenvalue weighted by Crippen LogP contribution is -2.51. The quantitative estimate of drug-likeness (QED) is 0.376. The van der Waals surface area contributed by atoms with Gasteiger partial charge in [0.2, 0.25) is 0 Å². The molecule has 1 aromatic rings. The molecule has 3 nitrogen and oxygen atoms in total. The van der Waals surface area contributed by atoms with Gasteiger partial charge in [-0.05, 0) is 50.8 Å². The highest BCUT2D eigenvalue weighted by Gasteiger charge is 2.37. The Morgan fingerprint density at radius 2 is 1.85 bits per heavy atom. The maximum atomic E-state index is 7.25. The molecule has 2 fully saturated rings. The second-order valence-corrected chi connectivity index (χ2v) is 8.79. The molecule has 150 valence electrons. The lowest BCUT2D eigenvalue weighted by atomic mass is 9.92. The average molecular weight is 391 g/mol. The Morgan fingerprint density at radius 3 is 2.52 bits per heavy atom. The van der Waals surface area contributed by atoms with Gasteiger partial charge in [0.05, 0.1) is 13.2 Å². The Hall–Kier alpha value is -0.870. The van der Waals surface area contributed by atoms with Crippen molar-refractivity contribution in [3.05, 3.63) is 47.0 Å². The Balaban J connectivity index is 1.85. The summed E-state index contributed by atoms with van der Waals surface area (Å²) in [6, 6.07) is 11.5. The molecule has 2 unspecified atom stereocenters. The Bertz CT molecular complexity index is 623. The predicted octanol–water partition coefficient (Wildman–Crippen LogP) is 5.23. The molecule has 27 heavy (non-hydrogen) atoms. The summed E-state index contributed by atoms with van der Waals surface area (Å²) in [5, 5.41) is 0. The van der Waals surface area contributed by atoms with Gasteiger partial charge in [0.15, 0.2) is 0 Å². The third-order valence-corrected chi connectivity index (χ3v) is 6.83. The molecule has 2 aliphatic heterocycles. The number of hydrogen-bond acceptors (Lipinski definition) is 3. The molecule has 0 amide bonds. The zero-order valence-electron chi connectivity index (χ0n) is 17.2. The summed E-state index contributed by atoms with van der Waals surface area (Å²) in [5.74, 6) is 0. The van der Waals surface area contributed by atoms with Crippen LogP contribution in [0.1, 0.15) is 58.1 Å². The third-order valence-electron chi connectivity index (χ3n) is 6.36. The Kier molecular flexibility index (Phi) is 7.38. The number of benzene rings is 1. The van der Waals surface area contributed by atoms with Crippen molar-refractivity contribution in [1.82, 2.24) is 9.80 Å². The van der Waals surface area contributed by atoms with Gasteiger partial charge >= 0.3 is 0 Å². The third kappa shape index (κ3) is 4.95. The number of piperidine rings is 1. The molecule has 0 aliphatic carbocycles. The second-order valence-electron chi connectivity index (χ2n) is 8.06. The van der Waals surface area contributed by atoms with Crippen molar-refractivity contribution in [3.8, 4) is 0 Å². The van der Waals surface area contributed by atoms with Crippen LogP contribution in [0.25, 0.3) is 0 Å². The van der Waals surface area contributed by atoms with Crippen molar-refractivity contribution >= 4 is 11.6 Å². The van der Waals surface area contributed by atoms with E-state index in [2.05, 4.69) is 60.9 Å². The lowest BCUT2D eigenvalue weighted by molar-refractivity contribution is 0.0150. The summed E-state index contributed by atoms with van der Waals surface area (Å²) in [5.41, 5.74) is 4.25. The molecule has 1 aromatic carbocycles. The van der Waals surface area contributed by atoms with Gasteiger partial charge in [-0.25, -0.2) is 0 Å². The SMILES string of the molecule is CCC(C)=C(CN1CCCCC1c1ccccc1)C(C)(Cl)N1CCOCC1. The highest BCUT2D eigenvalue weighted by molar-refractivity contribution is 6.25. The van der Waals surface area contributed by atoms with E-state index in [4.69, 9.17) is 16.3 Å². The number of nitrogens with zero attached hydrogens (tertiary/aromatic N) is 2. The number of allylic oxidation sites excluding steroid dienone is 1. The molecule has 0 aromatic heterocycles. The van der Waals surface area contributed by atoms with Crippen LogP contribution in [0.4, 0.5) is 0 Å². The normalized spacial score (nSPS) is 25.7. The minimum Gasteiger partial charge on any atom is -0.379 e. The van der Waals surface area contributed by atoms with Crippen LogP contribution in [-0.2, 0) is 4.74 Å². The maximum Gasteiger partial charge on any atom is 0.116 e. The van der Waals surface area contributed by atoms with Crippen LogP contribution < -0.4 is 0 Å². The van der Waals surface area contributed by atoms with Gasteiger partial charge in [0.1, 0.15) is 5.00 Å². The van der Waals surface area contributed by atoms with Crippen molar-refractivity contribution in [2.24, 2.45) is 0 Å². The van der Waals surface area contributed by atoms with Crippen molar-refractivity contribution in [2.45, 2.75) is 57.5 Å². The van der Waals surface area contributed by atoms with Crippen molar-refractivity contribution in [1.29, 1.82) is 0 Å². The lowest BCUT2D eigenvalue weighted by Gasteiger charge is -2.44. The van der Waals surface area contributed by atoms with E-state index in [-0.39, 0.29) is 0 Å². The van der Waals surface area contributed by atoms with Crippen molar-refractivity contribution in [2.75, 3.05) is 39.4 Å². The van der Waals surface area contributed by atoms with E-state index in [0.29, 0.717) is 6.04 Å². The number of rotatable bonds is 6. The summed E-state index contributed by atoms with van der Waals surface area (Å²) >= 11 is 7.25. The minimum atomic E-state index is -0.442. The van der Waals surface area contributed by atoms with Crippen LogP contribution in [0, 0.1) is 0 Å². The predicted molar refractivity (Wildman–Crippen MR) is 114 cm³/mol. The second kappa shape index (κ2) is 9.56. The first-order valence-electron chi connectivity index (χ1n) is 10.5. The Morgan fingerprint density at radius 1 is 1.15 bits per heavy atom. The van der Waals surface area contributed by atoms with E-state index in [9.17, 15) is 0 Å². The van der Waals surface area contributed by atoms with E-state index >= 15 is 0 Å². The highest BCUT2D eigenvalue weighted by atomic mass is 35.5. The zero-order valence-corrected chi connectivity index (χ0v) is 18.0. The van der Waals surface area contributed by atoms with E-state index in [1.165, 1.54) is 36.0 Å². The molecule has 3 rings (SSSR count). The zero-order chi connectivity index (χ0) is 19.3. The number of hydrogen-bond donors (Lipinski definition) is 0. The average Bonchev–Trinajstić information content (AvgIpc) is 2.73. The molecule has 0 radical (unpaired) electrons. The van der Waals surface area contributed by atoms with Gasteiger partial charge in [-0.15, -0.1) is 0 Å². The summed E-state index contributed by atoms with van der Waals surface area (Å²) in [6.07, 6.45) is 4.87. The van der Waals surface area contributed by atoms with Crippen molar-refractivity contribution in [3.63, 3.8) is 0 Å². The summed E-state index contributed by atoms with van der Waals surface area (Å²) < 4.78 is 5.56. The van der Waals surface area contributed by atoms with Gasteiger partial charge in [-0.1, -0.05) is 60.9 Å². The first-order chi connectivity index (χ1) is 13.0. The number of halogens is 1. The van der Waals surface area contributed by atoms with Gasteiger partial charge in [-0.3, -0.25) is 9.80 Å². The molecule has 2 saturated heterocycles. The molecule has 0 spiro atoms. The molecule has 0 saturated carbocycles. The van der Waals surface area contributed by atoms with Crippen LogP contribution in [0.2, 0.25) is 0 Å². The molecule has 2 heterocycles. The van der Waals surface area contributed by atoms with E-state index in [0.717, 1.165) is 45.8 Å². The van der Waals surface area contributed by atoms with Gasteiger partial charge in [0.25, 0.3) is 0 Å². The van der Waals surface area contributed by atoms with Crippen molar-refractivity contribution < 1.29 is 4.74 Å². The highest BCUT2D eigenvalue weighted by Crippen LogP contribution is 2.37. The molecule has 2 aliphatic rings. The first-order valence-corrected chi connectivity index (χ1v) is 10.9. The van der Waals surface area contributed by atoms with Crippen LogP contribution in [0.3, 0.4) is 0 Å². The van der Waals surface area contributed by atoms with Crippen LogP contribution in [0.5, 0.6) is 0 Å². The van der Waals surface area contributed by atoms with E-state index in [1.807, 2.05) is 0 Å². The topological polar surface area (TPSA) is 15.7 Å². The summed E-state index contributed by atoms with van der Waals surface area (Å²) in [4.78, 5) is 4.62. The molecule has 2 atom stereocenters. The number of likely N-dealkylation sites (tertiary alicyclic amines) is 1. The van der Waals surface area contributed by atoms with E-state index < -0.39 is 5.00 Å². The molecule has 0 N–H and O–H groups in total. The monoisotopic (exact) mass is 390 g/mol.